The molecule has 29 heavy (non-hydrogen) atoms. The van der Waals surface area contributed by atoms with Crippen molar-refractivity contribution in [2.24, 2.45) is 5.92 Å². The van der Waals surface area contributed by atoms with Gasteiger partial charge in [0.15, 0.2) is 11.5 Å². The Morgan fingerprint density at radius 2 is 2.07 bits per heavy atom. The molecule has 1 aliphatic heterocycles. The van der Waals surface area contributed by atoms with Crippen LogP contribution in [0.4, 0.5) is 11.6 Å². The maximum absolute atomic E-state index is 10.2. The summed E-state index contributed by atoms with van der Waals surface area (Å²) in [6, 6.07) is 10.3. The molecular formula is C22H30N6O. The highest BCUT2D eigenvalue weighted by molar-refractivity contribution is 5.66. The van der Waals surface area contributed by atoms with E-state index in [2.05, 4.69) is 51.3 Å². The fraction of sp³-hybridized carbons (Fsp3) is 0.455. The van der Waals surface area contributed by atoms with E-state index in [9.17, 15) is 5.11 Å². The molecule has 7 heteroatoms. The monoisotopic (exact) mass is 394 g/mol. The highest BCUT2D eigenvalue weighted by Crippen LogP contribution is 2.24. The molecule has 7 nitrogen and oxygen atoms in total. The minimum Gasteiger partial charge on any atom is -0.391 e. The van der Waals surface area contributed by atoms with Gasteiger partial charge in [-0.25, -0.2) is 9.97 Å². The van der Waals surface area contributed by atoms with E-state index >= 15 is 0 Å². The van der Waals surface area contributed by atoms with Gasteiger partial charge in [0, 0.05) is 37.4 Å². The molecule has 2 atom stereocenters. The van der Waals surface area contributed by atoms with Crippen LogP contribution in [-0.2, 0) is 6.54 Å². The lowest BCUT2D eigenvalue weighted by Gasteiger charge is -2.28. The Morgan fingerprint density at radius 1 is 1.24 bits per heavy atom. The van der Waals surface area contributed by atoms with E-state index in [1.807, 2.05) is 30.6 Å². The van der Waals surface area contributed by atoms with Crippen molar-refractivity contribution < 1.29 is 5.11 Å². The number of β-amino-alcohol motifs (C(OH)–C–C–N with tert-alkyl or cyclic N) is 1. The number of anilines is 2. The summed E-state index contributed by atoms with van der Waals surface area (Å²) in [5.74, 6) is 2.13. The third-order valence-electron chi connectivity index (χ3n) is 5.55. The summed E-state index contributed by atoms with van der Waals surface area (Å²) < 4.78 is 2.12. The average Bonchev–Trinajstić information content (AvgIpc) is 3.16. The normalized spacial score (nSPS) is 19.6. The number of aliphatic hydroxyl groups is 1. The van der Waals surface area contributed by atoms with Crippen LogP contribution in [-0.4, -0.2) is 45.2 Å². The summed E-state index contributed by atoms with van der Waals surface area (Å²) in [5.41, 5.74) is 3.17. The van der Waals surface area contributed by atoms with Crippen LogP contribution in [0.15, 0.2) is 42.7 Å². The Balaban J connectivity index is 1.58. The van der Waals surface area contributed by atoms with Gasteiger partial charge in [0.1, 0.15) is 5.82 Å². The molecule has 154 valence electrons. The van der Waals surface area contributed by atoms with Crippen molar-refractivity contribution in [1.82, 2.24) is 19.7 Å². The zero-order chi connectivity index (χ0) is 20.2. The first-order chi connectivity index (χ1) is 14.1. The molecule has 0 radical (unpaired) electrons. The van der Waals surface area contributed by atoms with Crippen LogP contribution in [0, 0.1) is 5.92 Å². The Labute approximate surface area is 171 Å². The summed E-state index contributed by atoms with van der Waals surface area (Å²) in [6.45, 7) is 7.31. The van der Waals surface area contributed by atoms with E-state index < -0.39 is 0 Å². The maximum Gasteiger partial charge on any atom is 0.180 e. The van der Waals surface area contributed by atoms with E-state index in [0.717, 1.165) is 35.9 Å². The van der Waals surface area contributed by atoms with Crippen molar-refractivity contribution in [3.05, 3.63) is 54.0 Å². The largest absolute Gasteiger partial charge is 0.391 e. The summed E-state index contributed by atoms with van der Waals surface area (Å²) >= 11 is 0. The third-order valence-corrected chi connectivity index (χ3v) is 5.55. The first-order valence-electron chi connectivity index (χ1n) is 10.4. The van der Waals surface area contributed by atoms with E-state index in [-0.39, 0.29) is 12.0 Å². The van der Waals surface area contributed by atoms with Gasteiger partial charge in [-0.1, -0.05) is 44.2 Å². The van der Waals surface area contributed by atoms with E-state index in [4.69, 9.17) is 4.98 Å². The molecule has 1 aromatic carbocycles. The van der Waals surface area contributed by atoms with Gasteiger partial charge in [0.05, 0.1) is 12.3 Å². The fourth-order valence-corrected chi connectivity index (χ4v) is 3.79. The van der Waals surface area contributed by atoms with Gasteiger partial charge in [-0.05, 0) is 24.4 Å². The Morgan fingerprint density at radius 3 is 2.83 bits per heavy atom. The molecule has 2 aromatic heterocycles. The average molecular weight is 395 g/mol. The van der Waals surface area contributed by atoms with Crippen molar-refractivity contribution in [2.75, 3.05) is 30.3 Å². The highest BCUT2D eigenvalue weighted by Gasteiger charge is 2.23. The molecular weight excluding hydrogens is 364 g/mol. The first-order valence-corrected chi connectivity index (χ1v) is 10.4. The van der Waals surface area contributed by atoms with Crippen LogP contribution in [0.5, 0.6) is 0 Å². The predicted octanol–water partition coefficient (Wildman–Crippen LogP) is 2.85. The standard InChI is InChI=1S/C22H30N6O/c1-15(2)18-12-26-22-21(25-10-16-6-4-3-5-7-16)27-20(14-28(18)22)24-11-17-8-9-23-13-19(17)29/h3-7,12,14-15,17,19,23-24,29H,8-11,13H2,1-2H3,(H,25,27)/t17?,19-/m0/s1. The zero-order valence-corrected chi connectivity index (χ0v) is 17.1. The van der Waals surface area contributed by atoms with Crippen LogP contribution in [0.2, 0.25) is 0 Å². The van der Waals surface area contributed by atoms with Crippen molar-refractivity contribution >= 4 is 17.3 Å². The number of benzene rings is 1. The van der Waals surface area contributed by atoms with Crippen LogP contribution in [0.25, 0.3) is 5.65 Å². The lowest BCUT2D eigenvalue weighted by molar-refractivity contribution is 0.0883. The number of hydrogen-bond acceptors (Lipinski definition) is 6. The highest BCUT2D eigenvalue weighted by atomic mass is 16.3. The number of nitrogens with one attached hydrogen (secondary N) is 3. The summed E-state index contributed by atoms with van der Waals surface area (Å²) in [4.78, 5) is 9.41. The molecule has 0 saturated carbocycles. The molecule has 4 rings (SSSR count). The van der Waals surface area contributed by atoms with E-state index in [1.54, 1.807) is 0 Å². The maximum atomic E-state index is 10.2. The zero-order valence-electron chi connectivity index (χ0n) is 17.1. The second-order valence-electron chi connectivity index (χ2n) is 8.05. The van der Waals surface area contributed by atoms with Crippen LogP contribution >= 0.6 is 0 Å². The molecule has 0 spiro atoms. The van der Waals surface area contributed by atoms with Crippen molar-refractivity contribution in [1.29, 1.82) is 0 Å². The number of nitrogens with zero attached hydrogens (tertiary/aromatic N) is 3. The van der Waals surface area contributed by atoms with Crippen molar-refractivity contribution in [2.45, 2.75) is 38.8 Å². The first kappa shape index (κ1) is 19.7. The summed E-state index contributed by atoms with van der Waals surface area (Å²) in [6.07, 6.45) is 4.57. The van der Waals surface area contributed by atoms with Crippen molar-refractivity contribution in [3.63, 3.8) is 0 Å². The quantitative estimate of drug-likeness (QED) is 0.493. The molecule has 3 heterocycles. The Kier molecular flexibility index (Phi) is 5.97. The molecule has 0 amide bonds. The minimum absolute atomic E-state index is 0.224. The van der Waals surface area contributed by atoms with Gasteiger partial charge in [-0.2, -0.15) is 0 Å². The van der Waals surface area contributed by atoms with E-state index in [1.165, 1.54) is 5.56 Å². The molecule has 1 unspecified atom stereocenters. The van der Waals surface area contributed by atoms with Gasteiger partial charge in [0.25, 0.3) is 0 Å². The molecule has 4 N–H and O–H groups in total. The number of aliphatic hydroxyl groups excluding tert-OH is 1. The Bertz CT molecular complexity index is 939. The van der Waals surface area contributed by atoms with Crippen molar-refractivity contribution in [3.8, 4) is 0 Å². The lowest BCUT2D eigenvalue weighted by Crippen LogP contribution is -2.43. The van der Waals surface area contributed by atoms with Crippen LogP contribution < -0.4 is 16.0 Å². The smallest absolute Gasteiger partial charge is 0.180 e. The third kappa shape index (κ3) is 4.52. The number of aromatic nitrogens is 3. The molecule has 1 fully saturated rings. The summed E-state index contributed by atoms with van der Waals surface area (Å²) in [7, 11) is 0. The SMILES string of the molecule is CC(C)c1cnc2c(NCc3ccccc3)nc(NCC3CCNC[C@@H]3O)cn12. The number of rotatable bonds is 7. The fourth-order valence-electron chi connectivity index (χ4n) is 3.79. The number of imidazole rings is 1. The molecule has 0 aliphatic carbocycles. The number of piperidine rings is 1. The predicted molar refractivity (Wildman–Crippen MR) is 116 cm³/mol. The molecule has 3 aromatic rings. The van der Waals surface area contributed by atoms with Gasteiger partial charge in [0.2, 0.25) is 0 Å². The second kappa shape index (κ2) is 8.80. The lowest BCUT2D eigenvalue weighted by atomic mass is 9.95. The summed E-state index contributed by atoms with van der Waals surface area (Å²) in [5, 5.41) is 20.3. The van der Waals surface area contributed by atoms with Crippen LogP contribution in [0.3, 0.4) is 0 Å². The van der Waals surface area contributed by atoms with Gasteiger partial charge >= 0.3 is 0 Å². The minimum atomic E-state index is -0.324. The number of hydrogen-bond donors (Lipinski definition) is 4. The molecule has 0 bridgehead atoms. The number of fused-ring (bicyclic) bond motifs is 1. The molecule has 1 aliphatic rings. The Hall–Kier alpha value is -2.64. The van der Waals surface area contributed by atoms with Gasteiger partial charge in [-0.3, -0.25) is 4.40 Å². The van der Waals surface area contributed by atoms with Gasteiger partial charge in [-0.15, -0.1) is 0 Å². The van der Waals surface area contributed by atoms with Gasteiger partial charge < -0.3 is 21.1 Å². The second-order valence-corrected chi connectivity index (χ2v) is 8.05. The van der Waals surface area contributed by atoms with Crippen LogP contribution in [0.1, 0.15) is 37.4 Å². The molecule has 1 saturated heterocycles. The topological polar surface area (TPSA) is 86.5 Å². The van der Waals surface area contributed by atoms with E-state index in [0.29, 0.717) is 25.6 Å².